The highest BCUT2D eigenvalue weighted by Crippen LogP contribution is 2.15. The van der Waals surface area contributed by atoms with Crippen molar-refractivity contribution in [2.45, 2.75) is 18.2 Å². The van der Waals surface area contributed by atoms with E-state index in [1.807, 2.05) is 18.4 Å². The summed E-state index contributed by atoms with van der Waals surface area (Å²) < 4.78 is 26.6. The van der Waals surface area contributed by atoms with Gasteiger partial charge in [-0.1, -0.05) is 17.7 Å². The van der Waals surface area contributed by atoms with Crippen molar-refractivity contribution in [3.05, 3.63) is 51.7 Å². The van der Waals surface area contributed by atoms with Crippen molar-refractivity contribution in [1.82, 2.24) is 4.72 Å². The number of carbonyl (C=O) groups is 1. The molecule has 1 aromatic carbocycles. The molecule has 0 saturated carbocycles. The molecule has 1 heterocycles. The first-order valence-corrected chi connectivity index (χ1v) is 8.47. The van der Waals surface area contributed by atoms with E-state index < -0.39 is 10.0 Å². The minimum Gasteiger partial charge on any atom is -0.297 e. The van der Waals surface area contributed by atoms with E-state index in [4.69, 9.17) is 0 Å². The third-order valence-corrected chi connectivity index (χ3v) is 5.27. The Morgan fingerprint density at radius 1 is 1.20 bits per heavy atom. The Hall–Kier alpha value is -1.50. The molecule has 20 heavy (non-hydrogen) atoms. The zero-order chi connectivity index (χ0) is 14.6. The first-order chi connectivity index (χ1) is 9.53. The maximum absolute atomic E-state index is 12.0. The van der Waals surface area contributed by atoms with Crippen LogP contribution in [0.1, 0.15) is 20.8 Å². The molecule has 0 aliphatic rings. The van der Waals surface area contributed by atoms with Gasteiger partial charge in [0.15, 0.2) is 6.29 Å². The minimum absolute atomic E-state index is 0.254. The fourth-order valence-corrected chi connectivity index (χ4v) is 3.57. The van der Waals surface area contributed by atoms with E-state index in [0.717, 1.165) is 17.4 Å². The van der Waals surface area contributed by atoms with Gasteiger partial charge in [0.1, 0.15) is 0 Å². The number of aldehydes is 1. The molecule has 0 atom stereocenters. The van der Waals surface area contributed by atoms with E-state index in [9.17, 15) is 13.2 Å². The molecule has 0 aliphatic carbocycles. The van der Waals surface area contributed by atoms with Gasteiger partial charge in [0, 0.05) is 6.54 Å². The number of rotatable bonds is 6. The number of carbonyl (C=O) groups excluding carboxylic acids is 1. The van der Waals surface area contributed by atoms with E-state index >= 15 is 0 Å². The van der Waals surface area contributed by atoms with E-state index in [2.05, 4.69) is 4.72 Å². The van der Waals surface area contributed by atoms with Crippen LogP contribution in [0.5, 0.6) is 0 Å². The Labute approximate surface area is 122 Å². The second-order valence-corrected chi connectivity index (χ2v) is 7.10. The molecular weight excluding hydrogens is 294 g/mol. The van der Waals surface area contributed by atoms with Gasteiger partial charge in [-0.05, 0) is 42.5 Å². The molecule has 2 rings (SSSR count). The lowest BCUT2D eigenvalue weighted by Crippen LogP contribution is -2.26. The predicted molar refractivity (Wildman–Crippen MR) is 79.8 cm³/mol. The number of hydrogen-bond acceptors (Lipinski definition) is 4. The summed E-state index contributed by atoms with van der Waals surface area (Å²) in [6, 6.07) is 8.53. The van der Waals surface area contributed by atoms with Gasteiger partial charge < -0.3 is 0 Å². The van der Waals surface area contributed by atoms with Crippen molar-refractivity contribution in [2.24, 2.45) is 0 Å². The average molecular weight is 309 g/mol. The van der Waals surface area contributed by atoms with E-state index in [1.54, 1.807) is 24.3 Å². The summed E-state index contributed by atoms with van der Waals surface area (Å²) in [5, 5.41) is 1.83. The number of aryl methyl sites for hydroxylation is 1. The number of nitrogens with one attached hydrogen (secondary N) is 1. The first kappa shape index (κ1) is 14.9. The molecular formula is C14H15NO3S2. The maximum Gasteiger partial charge on any atom is 0.240 e. The standard InChI is InChI=1S/C14H15NO3S2/c1-11-2-4-13(5-3-11)20(17,18)15-8-6-12-7-9-19-14(12)10-16/h2-5,7,9-10,15H,6,8H2,1H3. The maximum atomic E-state index is 12.0. The van der Waals surface area contributed by atoms with Crippen LogP contribution < -0.4 is 4.72 Å². The van der Waals surface area contributed by atoms with Crippen LogP contribution in [0.4, 0.5) is 0 Å². The van der Waals surface area contributed by atoms with Crippen LogP contribution in [0.25, 0.3) is 0 Å². The molecule has 4 nitrogen and oxygen atoms in total. The Balaban J connectivity index is 1.99. The summed E-state index contributed by atoms with van der Waals surface area (Å²) >= 11 is 1.36. The molecule has 0 spiro atoms. The molecule has 0 saturated heterocycles. The summed E-state index contributed by atoms with van der Waals surface area (Å²) in [5.74, 6) is 0. The molecule has 0 radical (unpaired) electrons. The van der Waals surface area contributed by atoms with Gasteiger partial charge >= 0.3 is 0 Å². The zero-order valence-electron chi connectivity index (χ0n) is 11.0. The van der Waals surface area contributed by atoms with Gasteiger partial charge in [-0.2, -0.15) is 0 Å². The normalized spacial score (nSPS) is 11.4. The monoisotopic (exact) mass is 309 g/mol. The number of sulfonamides is 1. The molecule has 1 N–H and O–H groups in total. The summed E-state index contributed by atoms with van der Waals surface area (Å²) in [4.78, 5) is 11.7. The molecule has 106 valence electrons. The van der Waals surface area contributed by atoms with Crippen LogP contribution in [-0.4, -0.2) is 21.2 Å². The summed E-state index contributed by atoms with van der Waals surface area (Å²) in [6.45, 7) is 2.18. The second kappa shape index (κ2) is 6.30. The van der Waals surface area contributed by atoms with Crippen LogP contribution >= 0.6 is 11.3 Å². The molecule has 2 aromatic rings. The lowest BCUT2D eigenvalue weighted by atomic mass is 10.2. The first-order valence-electron chi connectivity index (χ1n) is 6.11. The largest absolute Gasteiger partial charge is 0.297 e. The number of thiophene rings is 1. The van der Waals surface area contributed by atoms with Crippen molar-refractivity contribution in [3.63, 3.8) is 0 Å². The molecule has 0 unspecified atom stereocenters. The highest BCUT2D eigenvalue weighted by Gasteiger charge is 2.13. The summed E-state index contributed by atoms with van der Waals surface area (Å²) in [6.07, 6.45) is 1.30. The van der Waals surface area contributed by atoms with Gasteiger partial charge in [0.25, 0.3) is 0 Å². The number of benzene rings is 1. The van der Waals surface area contributed by atoms with Crippen molar-refractivity contribution in [1.29, 1.82) is 0 Å². The van der Waals surface area contributed by atoms with Crippen molar-refractivity contribution in [3.8, 4) is 0 Å². The lowest BCUT2D eigenvalue weighted by molar-refractivity contribution is 0.112. The van der Waals surface area contributed by atoms with Gasteiger partial charge in [-0.3, -0.25) is 4.79 Å². The Kier molecular flexibility index (Phi) is 4.69. The van der Waals surface area contributed by atoms with Gasteiger partial charge in [-0.15, -0.1) is 11.3 Å². The van der Waals surface area contributed by atoms with E-state index in [0.29, 0.717) is 11.3 Å². The summed E-state index contributed by atoms with van der Waals surface area (Å²) in [7, 11) is -3.48. The van der Waals surface area contributed by atoms with Crippen LogP contribution in [0.2, 0.25) is 0 Å². The molecule has 0 bridgehead atoms. The van der Waals surface area contributed by atoms with E-state index in [1.165, 1.54) is 11.3 Å². The Morgan fingerprint density at radius 2 is 1.90 bits per heavy atom. The Morgan fingerprint density at radius 3 is 2.55 bits per heavy atom. The highest BCUT2D eigenvalue weighted by atomic mass is 32.2. The number of hydrogen-bond donors (Lipinski definition) is 1. The molecule has 0 aliphatic heterocycles. The zero-order valence-corrected chi connectivity index (χ0v) is 12.6. The summed E-state index contributed by atoms with van der Waals surface area (Å²) in [5.41, 5.74) is 1.88. The molecule has 0 fully saturated rings. The quantitative estimate of drug-likeness (QED) is 0.833. The second-order valence-electron chi connectivity index (χ2n) is 4.39. The topological polar surface area (TPSA) is 63.2 Å². The molecule has 1 aromatic heterocycles. The third kappa shape index (κ3) is 3.53. The van der Waals surface area contributed by atoms with Crippen LogP contribution in [-0.2, 0) is 16.4 Å². The smallest absolute Gasteiger partial charge is 0.240 e. The van der Waals surface area contributed by atoms with Crippen LogP contribution in [0.3, 0.4) is 0 Å². The molecule has 0 amide bonds. The molecule has 6 heteroatoms. The van der Waals surface area contributed by atoms with Gasteiger partial charge in [0.2, 0.25) is 10.0 Å². The van der Waals surface area contributed by atoms with Crippen molar-refractivity contribution >= 4 is 27.6 Å². The van der Waals surface area contributed by atoms with Crippen molar-refractivity contribution in [2.75, 3.05) is 6.54 Å². The highest BCUT2D eigenvalue weighted by molar-refractivity contribution is 7.89. The average Bonchev–Trinajstić information content (AvgIpc) is 2.86. The van der Waals surface area contributed by atoms with Crippen molar-refractivity contribution < 1.29 is 13.2 Å². The fourth-order valence-electron chi connectivity index (χ4n) is 1.78. The lowest BCUT2D eigenvalue weighted by Gasteiger charge is -2.06. The predicted octanol–water partition coefficient (Wildman–Crippen LogP) is 2.39. The van der Waals surface area contributed by atoms with Crippen LogP contribution in [0.15, 0.2) is 40.6 Å². The van der Waals surface area contributed by atoms with Crippen LogP contribution in [0, 0.1) is 6.92 Å². The fraction of sp³-hybridized carbons (Fsp3) is 0.214. The Bertz CT molecular complexity index is 687. The minimum atomic E-state index is -3.48. The van der Waals surface area contributed by atoms with Gasteiger partial charge in [0.05, 0.1) is 9.77 Å². The third-order valence-electron chi connectivity index (χ3n) is 2.91. The van der Waals surface area contributed by atoms with Gasteiger partial charge in [-0.25, -0.2) is 13.1 Å². The SMILES string of the molecule is Cc1ccc(S(=O)(=O)NCCc2ccsc2C=O)cc1. The van der Waals surface area contributed by atoms with E-state index in [-0.39, 0.29) is 11.4 Å².